The van der Waals surface area contributed by atoms with Crippen LogP contribution in [0.1, 0.15) is 39.3 Å². The van der Waals surface area contributed by atoms with E-state index in [9.17, 15) is 9.59 Å². The largest absolute Gasteiger partial charge is 0.467 e. The number of benzene rings is 2. The van der Waals surface area contributed by atoms with E-state index in [-0.39, 0.29) is 17.9 Å². The Labute approximate surface area is 192 Å². The Hall–Kier alpha value is -3.25. The van der Waals surface area contributed by atoms with Crippen molar-refractivity contribution in [3.8, 4) is 0 Å². The molecule has 2 amide bonds. The van der Waals surface area contributed by atoms with Crippen LogP contribution in [0.15, 0.2) is 71.3 Å². The number of carbonyl (C=O) groups is 2. The molecule has 0 unspecified atom stereocenters. The van der Waals surface area contributed by atoms with Gasteiger partial charge in [-0.15, -0.1) is 0 Å². The van der Waals surface area contributed by atoms with Crippen LogP contribution in [0, 0.1) is 0 Å². The van der Waals surface area contributed by atoms with Crippen molar-refractivity contribution < 1.29 is 14.0 Å². The number of hydrogen-bond acceptors (Lipinski definition) is 4. The van der Waals surface area contributed by atoms with Gasteiger partial charge in [0, 0.05) is 42.5 Å². The molecule has 0 aliphatic carbocycles. The van der Waals surface area contributed by atoms with Gasteiger partial charge in [0.2, 0.25) is 0 Å². The zero-order chi connectivity index (χ0) is 22.5. The minimum atomic E-state index is -0.110. The molecule has 1 aromatic heterocycles. The highest BCUT2D eigenvalue weighted by atomic mass is 35.5. The van der Waals surface area contributed by atoms with Crippen molar-refractivity contribution in [2.75, 3.05) is 25.0 Å². The Morgan fingerprint density at radius 3 is 2.59 bits per heavy atom. The van der Waals surface area contributed by atoms with Gasteiger partial charge in [-0.05, 0) is 55.3 Å². The van der Waals surface area contributed by atoms with Crippen molar-refractivity contribution in [2.45, 2.75) is 25.4 Å². The predicted molar refractivity (Wildman–Crippen MR) is 125 cm³/mol. The summed E-state index contributed by atoms with van der Waals surface area (Å²) in [5.41, 5.74) is 2.15. The molecule has 1 fully saturated rings. The van der Waals surface area contributed by atoms with Crippen LogP contribution in [-0.4, -0.2) is 42.9 Å². The van der Waals surface area contributed by atoms with Gasteiger partial charge in [-0.3, -0.25) is 9.59 Å². The second-order valence-electron chi connectivity index (χ2n) is 8.00. The second-order valence-corrected chi connectivity index (χ2v) is 8.44. The zero-order valence-corrected chi connectivity index (χ0v) is 18.7. The normalized spacial score (nSPS) is 14.2. The molecule has 0 bridgehead atoms. The van der Waals surface area contributed by atoms with Gasteiger partial charge in [0.1, 0.15) is 5.76 Å². The van der Waals surface area contributed by atoms with E-state index in [1.807, 2.05) is 36.4 Å². The molecule has 1 aliphatic heterocycles. The van der Waals surface area contributed by atoms with E-state index in [0.29, 0.717) is 22.7 Å². The lowest BCUT2D eigenvalue weighted by molar-refractivity contribution is 0.0776. The Morgan fingerprint density at radius 2 is 1.88 bits per heavy atom. The van der Waals surface area contributed by atoms with Gasteiger partial charge in [0.25, 0.3) is 11.8 Å². The van der Waals surface area contributed by atoms with Crippen molar-refractivity contribution in [3.63, 3.8) is 0 Å². The molecular weight excluding hydrogens is 426 g/mol. The summed E-state index contributed by atoms with van der Waals surface area (Å²) in [4.78, 5) is 29.5. The van der Waals surface area contributed by atoms with Gasteiger partial charge in [0.15, 0.2) is 0 Å². The van der Waals surface area contributed by atoms with E-state index in [2.05, 4.69) is 10.2 Å². The number of anilines is 1. The fourth-order valence-corrected chi connectivity index (χ4v) is 4.20. The van der Waals surface area contributed by atoms with Crippen LogP contribution in [0.5, 0.6) is 0 Å². The topological polar surface area (TPSA) is 65.8 Å². The number of piperidine rings is 1. The van der Waals surface area contributed by atoms with Crippen molar-refractivity contribution in [3.05, 3.63) is 88.8 Å². The molecule has 0 spiro atoms. The molecule has 166 valence electrons. The summed E-state index contributed by atoms with van der Waals surface area (Å²) in [5, 5.41) is 3.65. The van der Waals surface area contributed by atoms with Crippen molar-refractivity contribution in [2.24, 2.45) is 0 Å². The minimum Gasteiger partial charge on any atom is -0.467 e. The standard InChI is InChI=1S/C25H26ClN3O3/c1-28(17-21-8-5-15-32-21)25(31)22-9-2-3-10-23(22)29-13-11-20(12-14-29)27-24(30)18-6-4-7-19(26)16-18/h2-10,15-16,20H,11-14,17H2,1H3,(H,27,30). The van der Waals surface area contributed by atoms with Crippen LogP contribution in [-0.2, 0) is 6.54 Å². The van der Waals surface area contributed by atoms with Gasteiger partial charge < -0.3 is 19.5 Å². The number of amides is 2. The van der Waals surface area contributed by atoms with Crippen LogP contribution in [0.2, 0.25) is 5.02 Å². The maximum Gasteiger partial charge on any atom is 0.256 e. The fraction of sp³-hybridized carbons (Fsp3) is 0.280. The third-order valence-electron chi connectivity index (χ3n) is 5.71. The first-order valence-electron chi connectivity index (χ1n) is 10.7. The number of hydrogen-bond donors (Lipinski definition) is 1. The lowest BCUT2D eigenvalue weighted by Gasteiger charge is -2.35. The third-order valence-corrected chi connectivity index (χ3v) is 5.95. The molecule has 3 aromatic rings. The lowest BCUT2D eigenvalue weighted by atomic mass is 10.0. The first-order chi connectivity index (χ1) is 15.5. The SMILES string of the molecule is CN(Cc1ccco1)C(=O)c1ccccc1N1CCC(NC(=O)c2cccc(Cl)c2)CC1. The summed E-state index contributed by atoms with van der Waals surface area (Å²) in [6.45, 7) is 1.93. The molecular formula is C25H26ClN3O3. The fourth-order valence-electron chi connectivity index (χ4n) is 4.01. The van der Waals surface area contributed by atoms with E-state index < -0.39 is 0 Å². The molecule has 1 saturated heterocycles. The molecule has 1 N–H and O–H groups in total. The van der Waals surface area contributed by atoms with Gasteiger partial charge in [-0.1, -0.05) is 29.8 Å². The molecule has 2 heterocycles. The molecule has 32 heavy (non-hydrogen) atoms. The van der Waals surface area contributed by atoms with Crippen LogP contribution < -0.4 is 10.2 Å². The molecule has 0 saturated carbocycles. The van der Waals surface area contributed by atoms with E-state index in [1.54, 1.807) is 42.5 Å². The van der Waals surface area contributed by atoms with E-state index in [0.717, 1.165) is 37.4 Å². The Bertz CT molecular complexity index is 1080. The molecule has 4 rings (SSSR count). The van der Waals surface area contributed by atoms with Crippen LogP contribution in [0.25, 0.3) is 0 Å². The first kappa shape index (κ1) is 22.0. The zero-order valence-electron chi connectivity index (χ0n) is 18.0. The summed E-state index contributed by atoms with van der Waals surface area (Å²) < 4.78 is 5.37. The Kier molecular flexibility index (Phi) is 6.81. The number of para-hydroxylation sites is 1. The number of rotatable bonds is 6. The third kappa shape index (κ3) is 5.14. The Balaban J connectivity index is 1.38. The minimum absolute atomic E-state index is 0.0478. The molecule has 0 radical (unpaired) electrons. The summed E-state index contributed by atoms with van der Waals surface area (Å²) in [5.74, 6) is 0.587. The summed E-state index contributed by atoms with van der Waals surface area (Å²) in [6.07, 6.45) is 3.21. The maximum atomic E-state index is 13.1. The highest BCUT2D eigenvalue weighted by Crippen LogP contribution is 2.26. The van der Waals surface area contributed by atoms with Gasteiger partial charge in [0.05, 0.1) is 18.4 Å². The smallest absolute Gasteiger partial charge is 0.256 e. The molecule has 0 atom stereocenters. The van der Waals surface area contributed by atoms with Crippen molar-refractivity contribution in [1.29, 1.82) is 0 Å². The highest BCUT2D eigenvalue weighted by Gasteiger charge is 2.25. The highest BCUT2D eigenvalue weighted by molar-refractivity contribution is 6.30. The number of carbonyl (C=O) groups excluding carboxylic acids is 2. The average Bonchev–Trinajstić information content (AvgIpc) is 3.32. The lowest BCUT2D eigenvalue weighted by Crippen LogP contribution is -2.45. The first-order valence-corrected chi connectivity index (χ1v) is 11.1. The molecule has 2 aromatic carbocycles. The van der Waals surface area contributed by atoms with E-state index in [4.69, 9.17) is 16.0 Å². The molecule has 7 heteroatoms. The number of furan rings is 1. The van der Waals surface area contributed by atoms with Gasteiger partial charge >= 0.3 is 0 Å². The maximum absolute atomic E-state index is 13.1. The number of nitrogens with one attached hydrogen (secondary N) is 1. The number of halogens is 1. The summed E-state index contributed by atoms with van der Waals surface area (Å²) >= 11 is 6.00. The Morgan fingerprint density at radius 1 is 1.09 bits per heavy atom. The van der Waals surface area contributed by atoms with Gasteiger partial charge in [-0.25, -0.2) is 0 Å². The second kappa shape index (κ2) is 9.92. The predicted octanol–water partition coefficient (Wildman–Crippen LogP) is 4.60. The quantitative estimate of drug-likeness (QED) is 0.594. The molecule has 6 nitrogen and oxygen atoms in total. The molecule has 1 aliphatic rings. The van der Waals surface area contributed by atoms with Crippen molar-refractivity contribution in [1.82, 2.24) is 10.2 Å². The number of nitrogens with zero attached hydrogens (tertiary/aromatic N) is 2. The van der Waals surface area contributed by atoms with Crippen LogP contribution >= 0.6 is 11.6 Å². The summed E-state index contributed by atoms with van der Waals surface area (Å²) in [6, 6.07) is 18.4. The van der Waals surface area contributed by atoms with Gasteiger partial charge in [-0.2, -0.15) is 0 Å². The monoisotopic (exact) mass is 451 g/mol. The van der Waals surface area contributed by atoms with E-state index >= 15 is 0 Å². The average molecular weight is 452 g/mol. The van der Waals surface area contributed by atoms with Crippen LogP contribution in [0.4, 0.5) is 5.69 Å². The summed E-state index contributed by atoms with van der Waals surface area (Å²) in [7, 11) is 1.78. The van der Waals surface area contributed by atoms with Crippen LogP contribution in [0.3, 0.4) is 0 Å². The van der Waals surface area contributed by atoms with Crippen molar-refractivity contribution >= 4 is 29.1 Å². The van der Waals surface area contributed by atoms with E-state index in [1.165, 1.54) is 0 Å².